The zero-order valence-corrected chi connectivity index (χ0v) is 11.5. The zero-order valence-electron chi connectivity index (χ0n) is 10.7. The highest BCUT2D eigenvalue weighted by Gasteiger charge is 2.25. The summed E-state index contributed by atoms with van der Waals surface area (Å²) in [6.45, 7) is 7.14. The second-order valence-electron chi connectivity index (χ2n) is 4.50. The van der Waals surface area contributed by atoms with Crippen molar-refractivity contribution in [2.24, 2.45) is 5.73 Å². The monoisotopic (exact) mass is 263 g/mol. The van der Waals surface area contributed by atoms with Crippen molar-refractivity contribution in [3.05, 3.63) is 0 Å². The van der Waals surface area contributed by atoms with Crippen molar-refractivity contribution in [2.45, 2.75) is 38.5 Å². The first-order chi connectivity index (χ1) is 7.67. The van der Waals surface area contributed by atoms with E-state index in [1.165, 1.54) is 6.92 Å². The van der Waals surface area contributed by atoms with Gasteiger partial charge in [0.15, 0.2) is 0 Å². The number of imide groups is 1. The lowest BCUT2D eigenvalue weighted by Crippen LogP contribution is -2.47. The Hall–Kier alpha value is -0.950. The van der Waals surface area contributed by atoms with Gasteiger partial charge in [-0.25, -0.2) is 4.79 Å². The van der Waals surface area contributed by atoms with Gasteiger partial charge in [0.05, 0.1) is 0 Å². The Bertz CT molecular complexity index is 312. The maximum atomic E-state index is 11.8. The Morgan fingerprint density at radius 1 is 1.41 bits per heavy atom. The van der Waals surface area contributed by atoms with Gasteiger partial charge in [-0.2, -0.15) is 0 Å². The van der Waals surface area contributed by atoms with Gasteiger partial charge in [0, 0.05) is 28.6 Å². The van der Waals surface area contributed by atoms with Gasteiger partial charge in [-0.05, 0) is 27.7 Å². The lowest BCUT2D eigenvalue weighted by atomic mass is 10.1. The molecule has 0 aromatic rings. The molecule has 0 heterocycles. The van der Waals surface area contributed by atoms with Crippen molar-refractivity contribution < 1.29 is 13.8 Å². The van der Waals surface area contributed by atoms with Gasteiger partial charge >= 0.3 is 6.03 Å². The van der Waals surface area contributed by atoms with E-state index in [0.29, 0.717) is 6.54 Å². The molecule has 0 spiro atoms. The summed E-state index contributed by atoms with van der Waals surface area (Å²) in [6.07, 6.45) is 0. The van der Waals surface area contributed by atoms with Crippen molar-refractivity contribution in [2.75, 3.05) is 12.3 Å². The lowest BCUT2D eigenvalue weighted by Gasteiger charge is -2.20. The SMILES string of the molecule is CCNC(=O)NC(=O)C(C)S(=O)CC(C)(C)N. The van der Waals surface area contributed by atoms with Crippen LogP contribution in [-0.2, 0) is 15.6 Å². The molecule has 4 N–H and O–H groups in total. The maximum Gasteiger partial charge on any atom is 0.321 e. The summed E-state index contributed by atoms with van der Waals surface area (Å²) in [5.74, 6) is -0.352. The molecule has 0 aliphatic rings. The van der Waals surface area contributed by atoms with Crippen LogP contribution in [0.3, 0.4) is 0 Å². The second kappa shape index (κ2) is 6.70. The van der Waals surface area contributed by atoms with E-state index in [0.717, 1.165) is 0 Å². The Labute approximate surface area is 104 Å². The molecule has 6 nitrogen and oxygen atoms in total. The third-order valence-electron chi connectivity index (χ3n) is 1.85. The Kier molecular flexibility index (Phi) is 6.33. The summed E-state index contributed by atoms with van der Waals surface area (Å²) in [4.78, 5) is 22.6. The van der Waals surface area contributed by atoms with Gasteiger partial charge in [0.25, 0.3) is 0 Å². The van der Waals surface area contributed by atoms with Crippen molar-refractivity contribution in [3.63, 3.8) is 0 Å². The number of carbonyl (C=O) groups excluding carboxylic acids is 2. The van der Waals surface area contributed by atoms with Gasteiger partial charge in [-0.15, -0.1) is 0 Å². The number of rotatable bonds is 5. The molecule has 0 aromatic heterocycles. The molecule has 0 aliphatic carbocycles. The number of amides is 3. The van der Waals surface area contributed by atoms with Crippen LogP contribution in [-0.4, -0.2) is 39.2 Å². The highest BCUT2D eigenvalue weighted by molar-refractivity contribution is 7.86. The van der Waals surface area contributed by atoms with Gasteiger partial charge in [0.1, 0.15) is 5.25 Å². The van der Waals surface area contributed by atoms with Crippen molar-refractivity contribution in [1.82, 2.24) is 10.6 Å². The largest absolute Gasteiger partial charge is 0.338 e. The fourth-order valence-electron chi connectivity index (χ4n) is 1.03. The third-order valence-corrected chi connectivity index (χ3v) is 3.88. The Morgan fingerprint density at radius 3 is 2.35 bits per heavy atom. The van der Waals surface area contributed by atoms with Crippen LogP contribution in [0.5, 0.6) is 0 Å². The Morgan fingerprint density at radius 2 is 1.94 bits per heavy atom. The first-order valence-corrected chi connectivity index (χ1v) is 6.80. The molecular formula is C10H21N3O3S. The molecule has 0 fully saturated rings. The molecule has 0 bridgehead atoms. The van der Waals surface area contributed by atoms with Crippen molar-refractivity contribution in [3.8, 4) is 0 Å². The van der Waals surface area contributed by atoms with E-state index < -0.39 is 33.5 Å². The summed E-state index contributed by atoms with van der Waals surface area (Å²) in [6, 6.07) is -0.576. The van der Waals surface area contributed by atoms with Crippen LogP contribution in [0.25, 0.3) is 0 Å². The van der Waals surface area contributed by atoms with E-state index in [2.05, 4.69) is 10.6 Å². The van der Waals surface area contributed by atoms with Gasteiger partial charge in [0.2, 0.25) is 5.91 Å². The first kappa shape index (κ1) is 16.1. The minimum Gasteiger partial charge on any atom is -0.338 e. The molecule has 3 amide bonds. The summed E-state index contributed by atoms with van der Waals surface area (Å²) in [7, 11) is -1.40. The van der Waals surface area contributed by atoms with Gasteiger partial charge < -0.3 is 11.1 Å². The topological polar surface area (TPSA) is 101 Å². The van der Waals surface area contributed by atoms with Crippen LogP contribution in [0.15, 0.2) is 0 Å². The molecular weight excluding hydrogens is 242 g/mol. The minimum atomic E-state index is -1.40. The molecule has 2 atom stereocenters. The maximum absolute atomic E-state index is 11.8. The van der Waals surface area contributed by atoms with Crippen LogP contribution >= 0.6 is 0 Å². The average molecular weight is 263 g/mol. The first-order valence-electron chi connectivity index (χ1n) is 5.42. The van der Waals surface area contributed by atoms with E-state index in [9.17, 15) is 13.8 Å². The lowest BCUT2D eigenvalue weighted by molar-refractivity contribution is -0.119. The Balaban J connectivity index is 4.31. The molecule has 7 heteroatoms. The quantitative estimate of drug-likeness (QED) is 0.634. The van der Waals surface area contributed by atoms with E-state index in [-0.39, 0.29) is 5.75 Å². The van der Waals surface area contributed by atoms with Crippen LogP contribution in [0.4, 0.5) is 4.79 Å². The van der Waals surface area contributed by atoms with E-state index in [1.54, 1.807) is 20.8 Å². The highest BCUT2D eigenvalue weighted by Crippen LogP contribution is 2.05. The number of nitrogens with one attached hydrogen (secondary N) is 2. The second-order valence-corrected chi connectivity index (χ2v) is 6.26. The minimum absolute atomic E-state index is 0.205. The number of urea groups is 1. The molecule has 0 rings (SSSR count). The molecule has 0 saturated heterocycles. The van der Waals surface area contributed by atoms with Crippen molar-refractivity contribution >= 4 is 22.7 Å². The molecule has 0 radical (unpaired) electrons. The molecule has 17 heavy (non-hydrogen) atoms. The zero-order chi connectivity index (χ0) is 13.6. The smallest absolute Gasteiger partial charge is 0.321 e. The van der Waals surface area contributed by atoms with Crippen LogP contribution in [0.1, 0.15) is 27.7 Å². The van der Waals surface area contributed by atoms with E-state index >= 15 is 0 Å². The molecule has 0 aliphatic heterocycles. The molecule has 0 aromatic carbocycles. The number of nitrogens with two attached hydrogens (primary N) is 1. The number of hydrogen-bond acceptors (Lipinski definition) is 4. The fraction of sp³-hybridized carbons (Fsp3) is 0.800. The summed E-state index contributed by atoms with van der Waals surface area (Å²) < 4.78 is 11.8. The predicted molar refractivity (Wildman–Crippen MR) is 68.0 cm³/mol. The summed E-state index contributed by atoms with van der Waals surface area (Å²) in [5, 5.41) is 3.78. The predicted octanol–water partition coefficient (Wildman–Crippen LogP) is -0.293. The number of hydrogen-bond donors (Lipinski definition) is 3. The van der Waals surface area contributed by atoms with Crippen LogP contribution < -0.4 is 16.4 Å². The standard InChI is InChI=1S/C10H21N3O3S/c1-5-12-9(15)13-8(14)7(2)17(16)6-10(3,4)11/h7H,5-6,11H2,1-4H3,(H2,12,13,14,15). The summed E-state index contributed by atoms with van der Waals surface area (Å²) >= 11 is 0. The molecule has 2 unspecified atom stereocenters. The highest BCUT2D eigenvalue weighted by atomic mass is 32.2. The number of carbonyl (C=O) groups is 2. The molecule has 0 saturated carbocycles. The van der Waals surface area contributed by atoms with Crippen molar-refractivity contribution in [1.29, 1.82) is 0 Å². The third kappa shape index (κ3) is 7.06. The van der Waals surface area contributed by atoms with Crippen LogP contribution in [0.2, 0.25) is 0 Å². The van der Waals surface area contributed by atoms with Gasteiger partial charge in [-0.1, -0.05) is 0 Å². The molecule has 100 valence electrons. The van der Waals surface area contributed by atoms with E-state index in [1.807, 2.05) is 0 Å². The van der Waals surface area contributed by atoms with E-state index in [4.69, 9.17) is 5.73 Å². The summed E-state index contributed by atoms with van der Waals surface area (Å²) in [5.41, 5.74) is 5.11. The van der Waals surface area contributed by atoms with Gasteiger partial charge in [-0.3, -0.25) is 14.3 Å². The normalized spacial score (nSPS) is 14.9. The average Bonchev–Trinajstić information content (AvgIpc) is 2.13. The fourth-order valence-corrected chi connectivity index (χ4v) is 2.31. The van der Waals surface area contributed by atoms with Crippen LogP contribution in [0, 0.1) is 0 Å².